The molecule has 7 nitrogen and oxygen atoms in total. The number of carbonyl (C=O) groups excluding carboxylic acids is 1. The summed E-state index contributed by atoms with van der Waals surface area (Å²) >= 11 is 1.43. The molecule has 2 aliphatic rings. The Hall–Kier alpha value is -2.19. The first-order valence-electron chi connectivity index (χ1n) is 12.3. The van der Waals surface area contributed by atoms with Crippen LogP contribution in [-0.2, 0) is 11.2 Å². The summed E-state index contributed by atoms with van der Waals surface area (Å²) in [6.07, 6.45) is 7.62. The van der Waals surface area contributed by atoms with Gasteiger partial charge in [0.25, 0.3) is 0 Å². The van der Waals surface area contributed by atoms with Crippen LogP contribution in [-0.4, -0.2) is 66.0 Å². The van der Waals surface area contributed by atoms with E-state index < -0.39 is 0 Å². The highest BCUT2D eigenvalue weighted by molar-refractivity contribution is 7.09. The van der Waals surface area contributed by atoms with Crippen LogP contribution < -0.4 is 15.0 Å². The van der Waals surface area contributed by atoms with Gasteiger partial charge in [-0.3, -0.25) is 4.79 Å². The molecule has 33 heavy (non-hydrogen) atoms. The summed E-state index contributed by atoms with van der Waals surface area (Å²) in [6.45, 7) is 7.03. The number of hydrogen-bond donors (Lipinski definition) is 1. The third-order valence-corrected chi connectivity index (χ3v) is 7.69. The number of amides is 1. The van der Waals surface area contributed by atoms with Crippen molar-refractivity contribution in [3.05, 3.63) is 35.7 Å². The van der Waals surface area contributed by atoms with Crippen LogP contribution in [0.25, 0.3) is 0 Å². The van der Waals surface area contributed by atoms with Crippen LogP contribution in [0.15, 0.2) is 24.3 Å². The number of rotatable bonds is 9. The number of hydrogen-bond acceptors (Lipinski definition) is 7. The number of piperidine rings is 2. The van der Waals surface area contributed by atoms with Crippen molar-refractivity contribution < 1.29 is 9.53 Å². The van der Waals surface area contributed by atoms with Crippen LogP contribution in [0.5, 0.6) is 5.75 Å². The molecule has 2 unspecified atom stereocenters. The second kappa shape index (κ2) is 11.8. The molecule has 2 aromatic rings. The maximum Gasteiger partial charge on any atom is 0.224 e. The lowest BCUT2D eigenvalue weighted by Crippen LogP contribution is -2.44. The van der Waals surface area contributed by atoms with E-state index in [2.05, 4.69) is 32.5 Å². The van der Waals surface area contributed by atoms with E-state index in [1.807, 2.05) is 18.2 Å². The standard InChI is InChI=1S/C25H37N5O2S/c1-19-8-3-4-13-29(19)15-7-12-26-24(31)21-10-6-14-30(18-21)25-27-23(28-33-25)17-20-9-5-11-22(16-20)32-2/h5,9,11,16,19,21H,3-4,6-8,10,12-15,17-18H2,1-2H3,(H,26,31). The van der Waals surface area contributed by atoms with Gasteiger partial charge in [0.15, 0.2) is 0 Å². The molecule has 0 saturated carbocycles. The SMILES string of the molecule is COc1cccc(Cc2nsc(N3CCCC(C(=O)NCCCN4CCCCC4C)C3)n2)c1. The molecule has 1 aromatic heterocycles. The number of carbonyl (C=O) groups is 1. The van der Waals surface area contributed by atoms with E-state index >= 15 is 0 Å². The van der Waals surface area contributed by atoms with Gasteiger partial charge in [-0.25, -0.2) is 4.98 Å². The van der Waals surface area contributed by atoms with Crippen molar-refractivity contribution in [2.75, 3.05) is 44.7 Å². The lowest BCUT2D eigenvalue weighted by atomic mass is 9.97. The van der Waals surface area contributed by atoms with Gasteiger partial charge < -0.3 is 19.9 Å². The molecule has 0 radical (unpaired) electrons. The quantitative estimate of drug-likeness (QED) is 0.562. The highest BCUT2D eigenvalue weighted by atomic mass is 32.1. The molecule has 1 aromatic carbocycles. The monoisotopic (exact) mass is 471 g/mol. The Kier molecular flexibility index (Phi) is 8.56. The summed E-state index contributed by atoms with van der Waals surface area (Å²) in [5.74, 6) is 1.88. The van der Waals surface area contributed by atoms with Crippen LogP contribution in [0.4, 0.5) is 5.13 Å². The second-order valence-corrected chi connectivity index (χ2v) is 10.1. The normalized spacial score (nSPS) is 21.7. The number of likely N-dealkylation sites (tertiary alicyclic amines) is 1. The van der Waals surface area contributed by atoms with Crippen LogP contribution in [0.2, 0.25) is 0 Å². The average Bonchev–Trinajstić information content (AvgIpc) is 3.31. The maximum absolute atomic E-state index is 12.8. The predicted molar refractivity (Wildman–Crippen MR) is 133 cm³/mol. The molecule has 1 N–H and O–H groups in total. The molecule has 180 valence electrons. The van der Waals surface area contributed by atoms with Gasteiger partial charge >= 0.3 is 0 Å². The number of nitrogens with zero attached hydrogens (tertiary/aromatic N) is 4. The van der Waals surface area contributed by atoms with E-state index in [0.29, 0.717) is 12.5 Å². The van der Waals surface area contributed by atoms with Gasteiger partial charge in [-0.2, -0.15) is 4.37 Å². The van der Waals surface area contributed by atoms with Crippen molar-refractivity contribution in [3.63, 3.8) is 0 Å². The third kappa shape index (κ3) is 6.67. The zero-order chi connectivity index (χ0) is 23.0. The molecule has 2 saturated heterocycles. The van der Waals surface area contributed by atoms with Crippen molar-refractivity contribution in [2.45, 2.75) is 57.9 Å². The highest BCUT2D eigenvalue weighted by Crippen LogP contribution is 2.26. The van der Waals surface area contributed by atoms with Crippen molar-refractivity contribution >= 4 is 22.6 Å². The molecule has 8 heteroatoms. The smallest absolute Gasteiger partial charge is 0.224 e. The molecular weight excluding hydrogens is 434 g/mol. The molecule has 2 fully saturated rings. The average molecular weight is 472 g/mol. The number of aromatic nitrogens is 2. The zero-order valence-corrected chi connectivity index (χ0v) is 20.8. The molecule has 3 heterocycles. The Balaban J connectivity index is 1.23. The lowest BCUT2D eigenvalue weighted by Gasteiger charge is -2.33. The van der Waals surface area contributed by atoms with E-state index in [-0.39, 0.29) is 11.8 Å². The number of ether oxygens (including phenoxy) is 1. The van der Waals surface area contributed by atoms with Crippen LogP contribution in [0.3, 0.4) is 0 Å². The van der Waals surface area contributed by atoms with Crippen molar-refractivity contribution in [1.29, 1.82) is 0 Å². The molecule has 0 bridgehead atoms. The second-order valence-electron chi connectivity index (χ2n) is 9.33. The van der Waals surface area contributed by atoms with Crippen molar-refractivity contribution in [2.24, 2.45) is 5.92 Å². The number of anilines is 1. The number of methoxy groups -OCH3 is 1. The van der Waals surface area contributed by atoms with E-state index in [1.54, 1.807) is 7.11 Å². The molecule has 2 aliphatic heterocycles. The molecule has 0 spiro atoms. The molecular formula is C25H37N5O2S. The summed E-state index contributed by atoms with van der Waals surface area (Å²) in [5, 5.41) is 4.11. The minimum Gasteiger partial charge on any atom is -0.497 e. The van der Waals surface area contributed by atoms with Gasteiger partial charge in [0.05, 0.1) is 13.0 Å². The van der Waals surface area contributed by atoms with E-state index in [4.69, 9.17) is 9.72 Å². The predicted octanol–water partition coefficient (Wildman–Crippen LogP) is 3.73. The van der Waals surface area contributed by atoms with Crippen LogP contribution in [0, 0.1) is 5.92 Å². The Morgan fingerprint density at radius 2 is 2.15 bits per heavy atom. The first kappa shape index (κ1) is 24.0. The summed E-state index contributed by atoms with van der Waals surface area (Å²) < 4.78 is 9.88. The van der Waals surface area contributed by atoms with Gasteiger partial charge in [-0.05, 0) is 63.3 Å². The topological polar surface area (TPSA) is 70.6 Å². The van der Waals surface area contributed by atoms with Crippen LogP contribution in [0.1, 0.15) is 56.8 Å². The minimum absolute atomic E-state index is 0.0263. The van der Waals surface area contributed by atoms with Gasteiger partial charge in [-0.15, -0.1) is 0 Å². The fourth-order valence-corrected chi connectivity index (χ4v) is 5.62. The maximum atomic E-state index is 12.8. The molecule has 1 amide bonds. The fourth-order valence-electron chi connectivity index (χ4n) is 4.90. The van der Waals surface area contributed by atoms with Crippen molar-refractivity contribution in [1.82, 2.24) is 19.6 Å². The van der Waals surface area contributed by atoms with Gasteiger partial charge in [0.2, 0.25) is 11.0 Å². The van der Waals surface area contributed by atoms with Crippen LogP contribution >= 0.6 is 11.5 Å². The van der Waals surface area contributed by atoms with E-state index in [1.165, 1.54) is 37.3 Å². The Bertz CT molecular complexity index is 904. The number of benzene rings is 1. The number of nitrogens with one attached hydrogen (secondary N) is 1. The Morgan fingerprint density at radius 3 is 3.00 bits per heavy atom. The summed E-state index contributed by atoms with van der Waals surface area (Å²) in [5.41, 5.74) is 1.13. The summed E-state index contributed by atoms with van der Waals surface area (Å²) in [7, 11) is 1.68. The minimum atomic E-state index is 0.0263. The van der Waals surface area contributed by atoms with Gasteiger partial charge in [-0.1, -0.05) is 18.6 Å². The summed E-state index contributed by atoms with van der Waals surface area (Å²) in [6, 6.07) is 8.70. The van der Waals surface area contributed by atoms with E-state index in [0.717, 1.165) is 67.7 Å². The molecule has 4 rings (SSSR count). The first-order chi connectivity index (χ1) is 16.1. The Morgan fingerprint density at radius 1 is 1.24 bits per heavy atom. The van der Waals surface area contributed by atoms with Gasteiger partial charge in [0, 0.05) is 50.2 Å². The Labute approximate surface area is 201 Å². The molecule has 2 atom stereocenters. The largest absolute Gasteiger partial charge is 0.497 e. The lowest BCUT2D eigenvalue weighted by molar-refractivity contribution is -0.125. The van der Waals surface area contributed by atoms with E-state index in [9.17, 15) is 4.79 Å². The third-order valence-electron chi connectivity index (χ3n) is 6.88. The van der Waals surface area contributed by atoms with Crippen molar-refractivity contribution in [3.8, 4) is 5.75 Å². The fraction of sp³-hybridized carbons (Fsp3) is 0.640. The highest BCUT2D eigenvalue weighted by Gasteiger charge is 2.27. The zero-order valence-electron chi connectivity index (χ0n) is 20.0. The molecule has 0 aliphatic carbocycles. The summed E-state index contributed by atoms with van der Waals surface area (Å²) in [4.78, 5) is 22.4. The first-order valence-corrected chi connectivity index (χ1v) is 13.1. The van der Waals surface area contributed by atoms with Gasteiger partial charge in [0.1, 0.15) is 11.6 Å².